The smallest absolute Gasteiger partial charge is 0.416 e. The number of anilines is 1. The van der Waals surface area contributed by atoms with Gasteiger partial charge in [0.25, 0.3) is 0 Å². The normalized spacial score (nSPS) is 11.8. The summed E-state index contributed by atoms with van der Waals surface area (Å²) in [6, 6.07) is 2.94. The highest BCUT2D eigenvalue weighted by molar-refractivity contribution is 9.10. The molecule has 0 aliphatic rings. The van der Waals surface area contributed by atoms with E-state index in [1.54, 1.807) is 0 Å². The van der Waals surface area contributed by atoms with Crippen molar-refractivity contribution in [1.29, 1.82) is 0 Å². The van der Waals surface area contributed by atoms with Gasteiger partial charge in [-0.1, -0.05) is 0 Å². The fraction of sp³-hybridized carbons (Fsp3) is 0.100. The Morgan fingerprint density at radius 2 is 1.94 bits per heavy atom. The molecule has 18 heavy (non-hydrogen) atoms. The molecule has 4 nitrogen and oxygen atoms in total. The van der Waals surface area contributed by atoms with Gasteiger partial charge < -0.3 is 10.8 Å². The van der Waals surface area contributed by atoms with E-state index < -0.39 is 17.5 Å². The zero-order chi connectivity index (χ0) is 13.5. The van der Waals surface area contributed by atoms with Crippen LogP contribution < -0.4 is 5.73 Å². The summed E-state index contributed by atoms with van der Waals surface area (Å²) in [5, 5.41) is 15.8. The molecule has 1 aromatic heterocycles. The average Bonchev–Trinajstić information content (AvgIpc) is 2.62. The fourth-order valence-electron chi connectivity index (χ4n) is 1.49. The zero-order valence-electron chi connectivity index (χ0n) is 8.72. The Kier molecular flexibility index (Phi) is 2.97. The van der Waals surface area contributed by atoms with Crippen LogP contribution in [0.1, 0.15) is 5.56 Å². The molecule has 1 aromatic carbocycles. The first kappa shape index (κ1) is 12.7. The molecular formula is C10H7BrF3N3O. The van der Waals surface area contributed by atoms with Crippen LogP contribution in [0, 0.1) is 0 Å². The molecule has 0 aliphatic carbocycles. The third kappa shape index (κ3) is 2.28. The van der Waals surface area contributed by atoms with Gasteiger partial charge in [-0.15, -0.1) is 0 Å². The largest absolute Gasteiger partial charge is 0.507 e. The van der Waals surface area contributed by atoms with E-state index in [1.165, 1.54) is 6.07 Å². The van der Waals surface area contributed by atoms with Crippen LogP contribution in [0.4, 0.5) is 19.0 Å². The van der Waals surface area contributed by atoms with E-state index >= 15 is 0 Å². The van der Waals surface area contributed by atoms with Crippen molar-refractivity contribution in [2.24, 2.45) is 0 Å². The SMILES string of the molecule is Nc1cc(-c2c(O)cc(C(F)(F)F)cc2Br)[nH]n1. The first-order valence-corrected chi connectivity index (χ1v) is 5.49. The number of hydrogen-bond donors (Lipinski definition) is 3. The number of aromatic nitrogens is 2. The van der Waals surface area contributed by atoms with Gasteiger partial charge in [-0.3, -0.25) is 5.10 Å². The molecule has 4 N–H and O–H groups in total. The molecule has 0 saturated carbocycles. The number of nitrogens with one attached hydrogen (secondary N) is 1. The van der Waals surface area contributed by atoms with Crippen molar-refractivity contribution in [3.63, 3.8) is 0 Å². The number of nitrogen functional groups attached to an aromatic ring is 1. The maximum Gasteiger partial charge on any atom is 0.416 e. The van der Waals surface area contributed by atoms with Crippen molar-refractivity contribution in [3.05, 3.63) is 28.2 Å². The van der Waals surface area contributed by atoms with E-state index in [2.05, 4.69) is 26.1 Å². The number of aromatic amines is 1. The summed E-state index contributed by atoms with van der Waals surface area (Å²) in [5.41, 5.74) is 4.95. The molecule has 0 amide bonds. The molecule has 0 saturated heterocycles. The number of alkyl halides is 3. The van der Waals surface area contributed by atoms with Crippen molar-refractivity contribution in [1.82, 2.24) is 10.2 Å². The predicted molar refractivity (Wildman–Crippen MR) is 62.8 cm³/mol. The van der Waals surface area contributed by atoms with Crippen LogP contribution in [0.5, 0.6) is 5.75 Å². The lowest BCUT2D eigenvalue weighted by Gasteiger charge is -2.11. The summed E-state index contributed by atoms with van der Waals surface area (Å²) < 4.78 is 37.6. The molecule has 0 unspecified atom stereocenters. The van der Waals surface area contributed by atoms with E-state index in [4.69, 9.17) is 5.73 Å². The summed E-state index contributed by atoms with van der Waals surface area (Å²) >= 11 is 2.99. The van der Waals surface area contributed by atoms with E-state index in [1.807, 2.05) is 0 Å². The first-order valence-electron chi connectivity index (χ1n) is 4.70. The lowest BCUT2D eigenvalue weighted by Crippen LogP contribution is -2.05. The second-order valence-corrected chi connectivity index (χ2v) is 4.41. The molecule has 0 radical (unpaired) electrons. The number of nitrogens with zero attached hydrogens (tertiary/aromatic N) is 1. The summed E-state index contributed by atoms with van der Waals surface area (Å²) in [6.07, 6.45) is -4.52. The number of phenols is 1. The molecule has 0 bridgehead atoms. The van der Waals surface area contributed by atoms with Crippen molar-refractivity contribution in [3.8, 4) is 17.0 Å². The van der Waals surface area contributed by atoms with Crippen LogP contribution in [-0.2, 0) is 6.18 Å². The predicted octanol–water partition coefficient (Wildman–Crippen LogP) is 3.15. The maximum absolute atomic E-state index is 12.5. The third-order valence-corrected chi connectivity index (χ3v) is 2.89. The minimum atomic E-state index is -4.52. The van der Waals surface area contributed by atoms with Crippen molar-refractivity contribution < 1.29 is 18.3 Å². The number of H-pyrrole nitrogens is 1. The van der Waals surface area contributed by atoms with Crippen LogP contribution in [0.3, 0.4) is 0 Å². The highest BCUT2D eigenvalue weighted by Gasteiger charge is 2.32. The molecule has 1 heterocycles. The Labute approximate surface area is 108 Å². The first-order chi connectivity index (χ1) is 8.29. The number of hydrogen-bond acceptors (Lipinski definition) is 3. The minimum absolute atomic E-state index is 0.0958. The molecule has 2 rings (SSSR count). The minimum Gasteiger partial charge on any atom is -0.507 e. The van der Waals surface area contributed by atoms with Crippen LogP contribution >= 0.6 is 15.9 Å². The number of phenolic OH excluding ortho intramolecular Hbond substituents is 1. The van der Waals surface area contributed by atoms with Crippen molar-refractivity contribution in [2.75, 3.05) is 5.73 Å². The second-order valence-electron chi connectivity index (χ2n) is 3.56. The summed E-state index contributed by atoms with van der Waals surface area (Å²) in [6.45, 7) is 0. The quantitative estimate of drug-likeness (QED) is 0.755. The number of nitrogens with two attached hydrogens (primary N) is 1. The zero-order valence-corrected chi connectivity index (χ0v) is 10.3. The number of rotatable bonds is 1. The molecule has 96 valence electrons. The topological polar surface area (TPSA) is 74.9 Å². The van der Waals surface area contributed by atoms with Gasteiger partial charge in [-0.05, 0) is 28.1 Å². The van der Waals surface area contributed by atoms with Crippen molar-refractivity contribution in [2.45, 2.75) is 6.18 Å². The Morgan fingerprint density at radius 1 is 1.28 bits per heavy atom. The molecular weight excluding hydrogens is 315 g/mol. The van der Waals surface area contributed by atoms with Gasteiger partial charge in [0.15, 0.2) is 0 Å². The summed E-state index contributed by atoms with van der Waals surface area (Å²) in [5.74, 6) is -0.337. The van der Waals surface area contributed by atoms with Gasteiger partial charge >= 0.3 is 6.18 Å². The van der Waals surface area contributed by atoms with Gasteiger partial charge in [0.05, 0.1) is 16.8 Å². The molecule has 8 heteroatoms. The van der Waals surface area contributed by atoms with Gasteiger partial charge in [0.1, 0.15) is 11.6 Å². The van der Waals surface area contributed by atoms with Gasteiger partial charge in [0, 0.05) is 10.5 Å². The average molecular weight is 322 g/mol. The van der Waals surface area contributed by atoms with E-state index in [-0.39, 0.29) is 15.9 Å². The van der Waals surface area contributed by atoms with E-state index in [0.29, 0.717) is 11.8 Å². The highest BCUT2D eigenvalue weighted by atomic mass is 79.9. The number of benzene rings is 1. The van der Waals surface area contributed by atoms with Crippen LogP contribution in [0.25, 0.3) is 11.3 Å². The molecule has 0 fully saturated rings. The Hall–Kier alpha value is -1.70. The van der Waals surface area contributed by atoms with Crippen molar-refractivity contribution >= 4 is 21.7 Å². The standard InChI is InChI=1S/C10H7BrF3N3O/c11-5-1-4(10(12,13)14)2-7(18)9(5)6-3-8(15)17-16-6/h1-3,18H,(H3,15,16,17). The third-order valence-electron chi connectivity index (χ3n) is 2.26. The summed E-state index contributed by atoms with van der Waals surface area (Å²) in [7, 11) is 0. The van der Waals surface area contributed by atoms with Crippen LogP contribution in [-0.4, -0.2) is 15.3 Å². The monoisotopic (exact) mass is 321 g/mol. The molecule has 2 aromatic rings. The Morgan fingerprint density at radius 3 is 2.39 bits per heavy atom. The second kappa shape index (κ2) is 4.20. The lowest BCUT2D eigenvalue weighted by atomic mass is 10.1. The molecule has 0 atom stereocenters. The highest BCUT2D eigenvalue weighted by Crippen LogP contribution is 2.41. The Balaban J connectivity index is 2.58. The number of halogens is 4. The van der Waals surface area contributed by atoms with Crippen LogP contribution in [0.2, 0.25) is 0 Å². The van der Waals surface area contributed by atoms with Gasteiger partial charge in [0.2, 0.25) is 0 Å². The summed E-state index contributed by atoms with van der Waals surface area (Å²) in [4.78, 5) is 0. The van der Waals surface area contributed by atoms with Crippen LogP contribution in [0.15, 0.2) is 22.7 Å². The fourth-order valence-corrected chi connectivity index (χ4v) is 2.15. The number of aromatic hydroxyl groups is 1. The lowest BCUT2D eigenvalue weighted by molar-refractivity contribution is -0.137. The van der Waals surface area contributed by atoms with E-state index in [0.717, 1.165) is 6.07 Å². The maximum atomic E-state index is 12.5. The molecule has 0 spiro atoms. The van der Waals surface area contributed by atoms with E-state index in [9.17, 15) is 18.3 Å². The van der Waals surface area contributed by atoms with Gasteiger partial charge in [-0.25, -0.2) is 0 Å². The molecule has 0 aliphatic heterocycles. The van der Waals surface area contributed by atoms with Gasteiger partial charge in [-0.2, -0.15) is 18.3 Å². The Bertz CT molecular complexity index is 571.